The van der Waals surface area contributed by atoms with Gasteiger partial charge in [-0.15, -0.1) is 0 Å². The van der Waals surface area contributed by atoms with Gasteiger partial charge in [-0.2, -0.15) is 0 Å². The fourth-order valence-electron chi connectivity index (χ4n) is 2.33. The second kappa shape index (κ2) is 9.36. The molecule has 0 aliphatic heterocycles. The van der Waals surface area contributed by atoms with Crippen LogP contribution in [0.15, 0.2) is 24.3 Å². The number of carboxylic acid groups (broad SMARTS) is 1. The fraction of sp³-hybridized carbons (Fsp3) is 0.550. The number of hydrogen-bond donors (Lipinski definition) is 1. The molecule has 0 aliphatic carbocycles. The normalized spacial score (nSPS) is 12.5. The summed E-state index contributed by atoms with van der Waals surface area (Å²) in [6.07, 6.45) is 0.237. The Morgan fingerprint density at radius 2 is 1.65 bits per heavy atom. The zero-order chi connectivity index (χ0) is 19.9. The van der Waals surface area contributed by atoms with Crippen molar-refractivity contribution in [1.82, 2.24) is 0 Å². The van der Waals surface area contributed by atoms with Gasteiger partial charge in [0.05, 0.1) is 17.6 Å². The maximum absolute atomic E-state index is 12.4. The number of aliphatic carboxylic acids is 1. The Bertz CT molecular complexity index is 625. The lowest BCUT2D eigenvalue weighted by Gasteiger charge is -2.24. The van der Waals surface area contributed by atoms with Crippen LogP contribution in [0.2, 0.25) is 0 Å². The second-order valence-electron chi connectivity index (χ2n) is 7.52. The van der Waals surface area contributed by atoms with E-state index in [1.54, 1.807) is 58.9 Å². The van der Waals surface area contributed by atoms with E-state index < -0.39 is 29.4 Å². The van der Waals surface area contributed by atoms with Gasteiger partial charge in [0.2, 0.25) is 0 Å². The van der Waals surface area contributed by atoms with Gasteiger partial charge in [-0.25, -0.2) is 4.79 Å². The van der Waals surface area contributed by atoms with Gasteiger partial charge in [0, 0.05) is 6.42 Å². The summed E-state index contributed by atoms with van der Waals surface area (Å²) in [6, 6.07) is 6.77. The van der Waals surface area contributed by atoms with E-state index in [9.17, 15) is 14.4 Å². The van der Waals surface area contributed by atoms with Gasteiger partial charge < -0.3 is 14.6 Å². The topological polar surface area (TPSA) is 89.9 Å². The van der Waals surface area contributed by atoms with Crippen LogP contribution in [0.3, 0.4) is 0 Å². The first-order valence-electron chi connectivity index (χ1n) is 8.72. The van der Waals surface area contributed by atoms with E-state index in [0.717, 1.165) is 5.56 Å². The second-order valence-corrected chi connectivity index (χ2v) is 7.52. The van der Waals surface area contributed by atoms with Crippen molar-refractivity contribution in [3.05, 3.63) is 35.4 Å². The van der Waals surface area contributed by atoms with Gasteiger partial charge in [-0.05, 0) is 65.2 Å². The van der Waals surface area contributed by atoms with Crippen molar-refractivity contribution in [3.63, 3.8) is 0 Å². The molecular weight excluding hydrogens is 336 g/mol. The van der Waals surface area contributed by atoms with Crippen LogP contribution in [0.25, 0.3) is 0 Å². The fourth-order valence-corrected chi connectivity index (χ4v) is 2.33. The van der Waals surface area contributed by atoms with Crippen molar-refractivity contribution in [2.75, 3.05) is 0 Å². The highest BCUT2D eigenvalue weighted by molar-refractivity contribution is 5.89. The van der Waals surface area contributed by atoms with Crippen LogP contribution in [-0.4, -0.2) is 34.7 Å². The van der Waals surface area contributed by atoms with Gasteiger partial charge in [0.15, 0.2) is 0 Å². The smallest absolute Gasteiger partial charge is 0.338 e. The van der Waals surface area contributed by atoms with E-state index in [2.05, 4.69) is 0 Å². The summed E-state index contributed by atoms with van der Waals surface area (Å²) in [7, 11) is 0. The largest absolute Gasteiger partial charge is 0.481 e. The minimum Gasteiger partial charge on any atom is -0.481 e. The molecule has 0 saturated carbocycles. The quantitative estimate of drug-likeness (QED) is 0.709. The molecule has 0 radical (unpaired) electrons. The minimum atomic E-state index is -0.953. The zero-order valence-corrected chi connectivity index (χ0v) is 16.1. The number of carboxylic acids is 1. The van der Waals surface area contributed by atoms with Gasteiger partial charge >= 0.3 is 17.9 Å². The highest BCUT2D eigenvalue weighted by Crippen LogP contribution is 2.20. The number of carbonyl (C=O) groups is 3. The van der Waals surface area contributed by atoms with Crippen LogP contribution in [0, 0.1) is 5.92 Å². The van der Waals surface area contributed by atoms with Crippen LogP contribution < -0.4 is 0 Å². The summed E-state index contributed by atoms with van der Waals surface area (Å²) in [6.45, 7) is 8.87. The van der Waals surface area contributed by atoms with Crippen molar-refractivity contribution in [3.8, 4) is 0 Å². The minimum absolute atomic E-state index is 0.108. The predicted octanol–water partition coefficient (Wildman–Crippen LogP) is 3.62. The molecule has 0 amide bonds. The highest BCUT2D eigenvalue weighted by atomic mass is 16.6. The number of ether oxygens (including phenoxy) is 2. The van der Waals surface area contributed by atoms with E-state index in [-0.39, 0.29) is 18.9 Å². The summed E-state index contributed by atoms with van der Waals surface area (Å²) < 4.78 is 10.5. The molecule has 0 fully saturated rings. The molecular formula is C20H28O6. The Hall–Kier alpha value is -2.37. The Morgan fingerprint density at radius 1 is 1.08 bits per heavy atom. The Balaban J connectivity index is 2.84. The molecule has 0 aromatic heterocycles. The summed E-state index contributed by atoms with van der Waals surface area (Å²) in [5, 5.41) is 8.91. The van der Waals surface area contributed by atoms with Gasteiger partial charge in [0.1, 0.15) is 5.60 Å². The lowest BCUT2D eigenvalue weighted by molar-refractivity contribution is -0.160. The molecule has 6 nitrogen and oxygen atoms in total. The molecule has 144 valence electrons. The number of rotatable bonds is 8. The monoisotopic (exact) mass is 364 g/mol. The summed E-state index contributed by atoms with van der Waals surface area (Å²) in [5.41, 5.74) is 0.623. The Morgan fingerprint density at radius 3 is 2.12 bits per heavy atom. The average molecular weight is 364 g/mol. The maximum Gasteiger partial charge on any atom is 0.338 e. The molecule has 26 heavy (non-hydrogen) atoms. The summed E-state index contributed by atoms with van der Waals surface area (Å²) >= 11 is 0. The molecule has 0 heterocycles. The van der Waals surface area contributed by atoms with Crippen molar-refractivity contribution in [1.29, 1.82) is 0 Å². The van der Waals surface area contributed by atoms with Crippen LogP contribution in [0.5, 0.6) is 0 Å². The van der Waals surface area contributed by atoms with E-state index in [0.29, 0.717) is 12.0 Å². The molecule has 0 bridgehead atoms. The third-order valence-electron chi connectivity index (χ3n) is 3.46. The molecule has 1 rings (SSSR count). The predicted molar refractivity (Wildman–Crippen MR) is 96.9 cm³/mol. The van der Waals surface area contributed by atoms with Crippen molar-refractivity contribution < 1.29 is 29.0 Å². The van der Waals surface area contributed by atoms with Gasteiger partial charge in [-0.3, -0.25) is 9.59 Å². The standard InChI is InChI=1S/C20H28O6/c1-13(2)25-18(23)15-8-6-14(7-9-15)12-16(10-11-17(21)22)19(24)26-20(3,4)5/h6-9,13,16H,10-12H2,1-5H3,(H,21,22). The SMILES string of the molecule is CC(C)OC(=O)c1ccc(CC(CCC(=O)O)C(=O)OC(C)(C)C)cc1. The molecule has 1 aromatic rings. The first kappa shape index (κ1) is 21.7. The van der Waals surface area contributed by atoms with E-state index in [1.807, 2.05) is 0 Å². The van der Waals surface area contributed by atoms with Crippen LogP contribution in [0.1, 0.15) is 63.4 Å². The van der Waals surface area contributed by atoms with Crippen LogP contribution in [-0.2, 0) is 25.5 Å². The van der Waals surface area contributed by atoms with Crippen LogP contribution in [0.4, 0.5) is 0 Å². The van der Waals surface area contributed by atoms with Crippen molar-refractivity contribution in [2.45, 2.75) is 65.6 Å². The first-order valence-corrected chi connectivity index (χ1v) is 8.72. The molecule has 1 unspecified atom stereocenters. The van der Waals surface area contributed by atoms with Crippen molar-refractivity contribution in [2.24, 2.45) is 5.92 Å². The molecule has 0 saturated heterocycles. The number of benzene rings is 1. The first-order chi connectivity index (χ1) is 12.0. The summed E-state index contributed by atoms with van der Waals surface area (Å²) in [4.78, 5) is 35.1. The number of hydrogen-bond acceptors (Lipinski definition) is 5. The summed E-state index contributed by atoms with van der Waals surface area (Å²) in [5.74, 6) is -2.33. The van der Waals surface area contributed by atoms with E-state index in [4.69, 9.17) is 14.6 Å². The Kier molecular flexibility index (Phi) is 7.80. The molecule has 1 atom stereocenters. The van der Waals surface area contributed by atoms with Crippen LogP contribution >= 0.6 is 0 Å². The molecule has 1 aromatic carbocycles. The maximum atomic E-state index is 12.4. The number of esters is 2. The number of carbonyl (C=O) groups excluding carboxylic acids is 2. The van der Waals surface area contributed by atoms with Gasteiger partial charge in [0.25, 0.3) is 0 Å². The molecule has 0 aliphatic rings. The third kappa shape index (κ3) is 8.14. The third-order valence-corrected chi connectivity index (χ3v) is 3.46. The van der Waals surface area contributed by atoms with E-state index >= 15 is 0 Å². The Labute approximate surface area is 154 Å². The molecule has 1 N–H and O–H groups in total. The lowest BCUT2D eigenvalue weighted by Crippen LogP contribution is -2.30. The molecule has 0 spiro atoms. The van der Waals surface area contributed by atoms with Gasteiger partial charge in [-0.1, -0.05) is 12.1 Å². The molecule has 6 heteroatoms. The average Bonchev–Trinajstić information content (AvgIpc) is 2.49. The van der Waals surface area contributed by atoms with Crippen molar-refractivity contribution >= 4 is 17.9 Å². The zero-order valence-electron chi connectivity index (χ0n) is 16.1. The highest BCUT2D eigenvalue weighted by Gasteiger charge is 2.26. The lowest BCUT2D eigenvalue weighted by atomic mass is 9.94. The van der Waals surface area contributed by atoms with E-state index in [1.165, 1.54) is 0 Å².